The summed E-state index contributed by atoms with van der Waals surface area (Å²) in [5, 5.41) is 0. The summed E-state index contributed by atoms with van der Waals surface area (Å²) in [5.41, 5.74) is 4.88. The zero-order valence-electron chi connectivity index (χ0n) is 18.6. The molecule has 3 aromatic rings. The minimum absolute atomic E-state index is 0.0542. The number of carbonyl (C=O) groups is 2. The van der Waals surface area contributed by atoms with E-state index in [2.05, 4.69) is 0 Å². The fourth-order valence-corrected chi connectivity index (χ4v) is 4.28. The van der Waals surface area contributed by atoms with Gasteiger partial charge < -0.3 is 4.90 Å². The van der Waals surface area contributed by atoms with Gasteiger partial charge in [0.15, 0.2) is 5.78 Å². The summed E-state index contributed by atoms with van der Waals surface area (Å²) >= 11 is 0. The summed E-state index contributed by atoms with van der Waals surface area (Å²) < 4.78 is 0. The molecule has 4 rings (SSSR count). The number of piperidine rings is 1. The molecule has 1 fully saturated rings. The second kappa shape index (κ2) is 10.2. The quantitative estimate of drug-likeness (QED) is 0.269. The summed E-state index contributed by atoms with van der Waals surface area (Å²) in [7, 11) is 0. The minimum atomic E-state index is -0.0542. The van der Waals surface area contributed by atoms with Gasteiger partial charge in [-0.25, -0.2) is 0 Å². The maximum absolute atomic E-state index is 13.8. The predicted molar refractivity (Wildman–Crippen MR) is 130 cm³/mol. The second-order valence-corrected chi connectivity index (χ2v) is 8.40. The zero-order chi connectivity index (χ0) is 22.3. The Morgan fingerprint density at radius 1 is 0.688 bits per heavy atom. The predicted octanol–water partition coefficient (Wildman–Crippen LogP) is 6.19. The number of hydrogen-bond donors (Lipinski definition) is 0. The first kappa shape index (κ1) is 21.8. The summed E-state index contributed by atoms with van der Waals surface area (Å²) in [5.74, 6) is 0.0372. The first-order chi connectivity index (χ1) is 15.6. The van der Waals surface area contributed by atoms with Crippen LogP contribution in [0.1, 0.15) is 52.7 Å². The van der Waals surface area contributed by atoms with Crippen molar-refractivity contribution in [3.8, 4) is 0 Å². The number of carbonyl (C=O) groups excluding carboxylic acids is 2. The normalized spacial score (nSPS) is 14.6. The third-order valence-corrected chi connectivity index (χ3v) is 6.06. The van der Waals surface area contributed by atoms with Crippen LogP contribution < -0.4 is 0 Å². The van der Waals surface area contributed by atoms with Gasteiger partial charge in [-0.05, 0) is 42.9 Å². The van der Waals surface area contributed by atoms with Crippen molar-refractivity contribution in [2.75, 3.05) is 13.1 Å². The smallest absolute Gasteiger partial charge is 0.227 e. The van der Waals surface area contributed by atoms with Gasteiger partial charge in [0.1, 0.15) is 0 Å². The van der Waals surface area contributed by atoms with Gasteiger partial charge >= 0.3 is 0 Å². The molecule has 0 bridgehead atoms. The molecule has 1 amide bonds. The molecular formula is C29H29NO2. The Hall–Kier alpha value is -3.46. The molecule has 0 aromatic heterocycles. The van der Waals surface area contributed by atoms with Crippen molar-refractivity contribution in [1.82, 2.24) is 4.90 Å². The Bertz CT molecular complexity index is 1090. The fourth-order valence-electron chi connectivity index (χ4n) is 4.28. The monoisotopic (exact) mass is 423 g/mol. The largest absolute Gasteiger partial charge is 0.342 e. The maximum Gasteiger partial charge on any atom is 0.227 e. The standard InChI is InChI=1S/C29H29NO2/c1-22-15-17-25(18-16-22)29(32)28(24-13-7-3-8-14-24)26(23-11-5-2-6-12-23)21-27(31)30-19-9-4-10-20-30/h2-3,5-8,11-18H,4,9-10,19-21H2,1H3/b28-26+. The number of Topliss-reactive ketones (excluding diaryl/α,β-unsaturated/α-hetero) is 1. The van der Waals surface area contributed by atoms with Crippen molar-refractivity contribution >= 4 is 22.8 Å². The van der Waals surface area contributed by atoms with Crippen LogP contribution in [0.5, 0.6) is 0 Å². The van der Waals surface area contributed by atoms with Crippen molar-refractivity contribution in [2.45, 2.75) is 32.6 Å². The summed E-state index contributed by atoms with van der Waals surface area (Å²) in [4.78, 5) is 29.1. The van der Waals surface area contributed by atoms with Crippen molar-refractivity contribution in [3.63, 3.8) is 0 Å². The van der Waals surface area contributed by atoms with E-state index in [1.807, 2.05) is 96.8 Å². The van der Waals surface area contributed by atoms with Crippen LogP contribution in [0.15, 0.2) is 84.9 Å². The van der Waals surface area contributed by atoms with Crippen molar-refractivity contribution in [2.24, 2.45) is 0 Å². The lowest BCUT2D eigenvalue weighted by atomic mass is 9.87. The molecule has 0 spiro atoms. The molecule has 0 N–H and O–H groups in total. The third kappa shape index (κ3) is 5.05. The molecule has 32 heavy (non-hydrogen) atoms. The molecule has 1 aliphatic heterocycles. The van der Waals surface area contributed by atoms with E-state index in [-0.39, 0.29) is 18.1 Å². The Balaban J connectivity index is 1.85. The van der Waals surface area contributed by atoms with E-state index < -0.39 is 0 Å². The van der Waals surface area contributed by atoms with Crippen LogP contribution in [0.3, 0.4) is 0 Å². The lowest BCUT2D eigenvalue weighted by Gasteiger charge is -2.27. The molecule has 0 atom stereocenters. The highest BCUT2D eigenvalue weighted by Gasteiger charge is 2.24. The van der Waals surface area contributed by atoms with Gasteiger partial charge in [0, 0.05) is 24.2 Å². The molecule has 3 heteroatoms. The van der Waals surface area contributed by atoms with Gasteiger partial charge in [-0.3, -0.25) is 9.59 Å². The molecule has 3 nitrogen and oxygen atoms in total. The van der Waals surface area contributed by atoms with Gasteiger partial charge in [0.05, 0.1) is 6.42 Å². The van der Waals surface area contributed by atoms with Crippen molar-refractivity contribution in [1.29, 1.82) is 0 Å². The van der Waals surface area contributed by atoms with Gasteiger partial charge in [-0.2, -0.15) is 0 Å². The van der Waals surface area contributed by atoms with Crippen LogP contribution in [0.2, 0.25) is 0 Å². The topological polar surface area (TPSA) is 37.4 Å². The van der Waals surface area contributed by atoms with E-state index in [1.54, 1.807) is 0 Å². The van der Waals surface area contributed by atoms with Gasteiger partial charge in [0.2, 0.25) is 5.91 Å². The molecule has 0 saturated carbocycles. The van der Waals surface area contributed by atoms with Gasteiger partial charge in [-0.15, -0.1) is 0 Å². The molecule has 0 radical (unpaired) electrons. The minimum Gasteiger partial charge on any atom is -0.342 e. The van der Waals surface area contributed by atoms with E-state index in [0.717, 1.165) is 48.2 Å². The van der Waals surface area contributed by atoms with Crippen LogP contribution >= 0.6 is 0 Å². The van der Waals surface area contributed by atoms with Crippen LogP contribution in [0.4, 0.5) is 0 Å². The molecule has 162 valence electrons. The first-order valence-electron chi connectivity index (χ1n) is 11.4. The van der Waals surface area contributed by atoms with E-state index in [0.29, 0.717) is 11.1 Å². The number of ketones is 1. The lowest BCUT2D eigenvalue weighted by Crippen LogP contribution is -2.35. The highest BCUT2D eigenvalue weighted by molar-refractivity contribution is 6.35. The molecule has 0 aliphatic carbocycles. The number of benzene rings is 3. The van der Waals surface area contributed by atoms with E-state index in [1.165, 1.54) is 6.42 Å². The zero-order valence-corrected chi connectivity index (χ0v) is 18.6. The molecule has 3 aromatic carbocycles. The summed E-state index contributed by atoms with van der Waals surface area (Å²) in [6.45, 7) is 3.61. The number of rotatable bonds is 6. The molecule has 1 heterocycles. The number of allylic oxidation sites excluding steroid dienone is 1. The van der Waals surface area contributed by atoms with Crippen molar-refractivity contribution in [3.05, 3.63) is 107 Å². The van der Waals surface area contributed by atoms with E-state index in [4.69, 9.17) is 0 Å². The maximum atomic E-state index is 13.8. The van der Waals surface area contributed by atoms with Gasteiger partial charge in [-0.1, -0.05) is 90.5 Å². The Morgan fingerprint density at radius 2 is 1.25 bits per heavy atom. The average Bonchev–Trinajstić information content (AvgIpc) is 2.85. The lowest BCUT2D eigenvalue weighted by molar-refractivity contribution is -0.130. The molecule has 0 unspecified atom stereocenters. The number of hydrogen-bond acceptors (Lipinski definition) is 2. The van der Waals surface area contributed by atoms with Gasteiger partial charge in [0.25, 0.3) is 0 Å². The Morgan fingerprint density at radius 3 is 1.84 bits per heavy atom. The molecule has 1 saturated heterocycles. The number of nitrogens with zero attached hydrogens (tertiary/aromatic N) is 1. The van der Waals surface area contributed by atoms with Crippen LogP contribution in [-0.2, 0) is 4.79 Å². The SMILES string of the molecule is Cc1ccc(C(=O)/C(=C(\CC(=O)N2CCCCC2)c2ccccc2)c2ccccc2)cc1. The Labute approximate surface area is 190 Å². The summed E-state index contributed by atoms with van der Waals surface area (Å²) in [6.07, 6.45) is 3.48. The highest BCUT2D eigenvalue weighted by atomic mass is 16.2. The van der Waals surface area contributed by atoms with Crippen molar-refractivity contribution < 1.29 is 9.59 Å². The number of aryl methyl sites for hydroxylation is 1. The van der Waals surface area contributed by atoms with Crippen LogP contribution in [-0.4, -0.2) is 29.7 Å². The van der Waals surface area contributed by atoms with Crippen LogP contribution in [0.25, 0.3) is 11.1 Å². The van der Waals surface area contributed by atoms with E-state index in [9.17, 15) is 9.59 Å². The van der Waals surface area contributed by atoms with E-state index >= 15 is 0 Å². The number of amides is 1. The van der Waals surface area contributed by atoms with Crippen LogP contribution in [0, 0.1) is 6.92 Å². The summed E-state index contributed by atoms with van der Waals surface area (Å²) in [6, 6.07) is 27.2. The third-order valence-electron chi connectivity index (χ3n) is 6.06. The molecular weight excluding hydrogens is 394 g/mol. The fraction of sp³-hybridized carbons (Fsp3) is 0.241. The first-order valence-corrected chi connectivity index (χ1v) is 11.4. The average molecular weight is 424 g/mol. The number of likely N-dealkylation sites (tertiary alicyclic amines) is 1. The Kier molecular flexibility index (Phi) is 6.96. The second-order valence-electron chi connectivity index (χ2n) is 8.40. The molecule has 1 aliphatic rings. The highest BCUT2D eigenvalue weighted by Crippen LogP contribution is 2.33.